The van der Waals surface area contributed by atoms with Gasteiger partial charge in [0.15, 0.2) is 0 Å². The number of nitrogens with one attached hydrogen (secondary N) is 2. The van der Waals surface area contributed by atoms with Crippen molar-refractivity contribution in [2.75, 3.05) is 31.6 Å². The van der Waals surface area contributed by atoms with Gasteiger partial charge in [0.25, 0.3) is 0 Å². The van der Waals surface area contributed by atoms with Crippen molar-refractivity contribution in [3.05, 3.63) is 53.2 Å². The zero-order valence-electron chi connectivity index (χ0n) is 20.2. The van der Waals surface area contributed by atoms with Crippen LogP contribution in [0.3, 0.4) is 0 Å². The van der Waals surface area contributed by atoms with E-state index in [4.69, 9.17) is 21.1 Å². The molecule has 192 valence electrons. The number of urea groups is 1. The van der Waals surface area contributed by atoms with Crippen LogP contribution in [-0.4, -0.2) is 59.4 Å². The second-order valence-corrected chi connectivity index (χ2v) is 9.78. The number of aliphatic hydroxyl groups excluding tert-OH is 1. The minimum absolute atomic E-state index is 0.0851. The first kappa shape index (κ1) is 25.1. The van der Waals surface area contributed by atoms with E-state index in [0.29, 0.717) is 51.0 Å². The summed E-state index contributed by atoms with van der Waals surface area (Å²) < 4.78 is 11.9. The number of nitriles is 1. The number of hydrogen-bond donors (Lipinski definition) is 3. The van der Waals surface area contributed by atoms with Crippen LogP contribution in [0.2, 0.25) is 5.02 Å². The van der Waals surface area contributed by atoms with Gasteiger partial charge in [0.05, 0.1) is 21.8 Å². The van der Waals surface area contributed by atoms with Crippen molar-refractivity contribution >= 4 is 34.2 Å². The molecule has 1 aromatic heterocycles. The van der Waals surface area contributed by atoms with Gasteiger partial charge in [-0.05, 0) is 63.0 Å². The second kappa shape index (κ2) is 11.2. The van der Waals surface area contributed by atoms with Crippen molar-refractivity contribution in [3.63, 3.8) is 0 Å². The summed E-state index contributed by atoms with van der Waals surface area (Å²) in [4.78, 5) is 18.8. The fourth-order valence-corrected chi connectivity index (χ4v) is 4.47. The average Bonchev–Trinajstić information content (AvgIpc) is 3.55. The normalized spacial score (nSPS) is 16.2. The van der Waals surface area contributed by atoms with Crippen molar-refractivity contribution in [2.24, 2.45) is 0 Å². The van der Waals surface area contributed by atoms with Crippen molar-refractivity contribution in [2.45, 2.75) is 37.8 Å². The first-order valence-corrected chi connectivity index (χ1v) is 12.8. The molecule has 2 aliphatic rings. The van der Waals surface area contributed by atoms with Gasteiger partial charge in [0.2, 0.25) is 0 Å². The molecule has 37 heavy (non-hydrogen) atoms. The molecule has 10 heteroatoms. The van der Waals surface area contributed by atoms with E-state index in [1.54, 1.807) is 42.6 Å². The number of nitrogens with zero attached hydrogens (tertiary/aromatic N) is 3. The standard InChI is InChI=1S/C27H28ClN5O4/c28-22-6-5-20(12-24(22)32-27(35)31-18-3-4-18)37-25-7-8-30-23-13-26(17(14-29)11-21(23)25)36-16-19(34)15-33-9-1-2-10-33/h5-8,11-13,18-19,34H,1-4,9-10,15-16H2,(H2,31,32,35)/t19-/m0/s1. The zero-order valence-corrected chi connectivity index (χ0v) is 21.0. The molecule has 1 saturated carbocycles. The molecule has 0 bridgehead atoms. The van der Waals surface area contributed by atoms with E-state index in [2.05, 4.69) is 26.6 Å². The Balaban J connectivity index is 1.32. The lowest BCUT2D eigenvalue weighted by Crippen LogP contribution is -2.33. The topological polar surface area (TPSA) is 120 Å². The number of pyridine rings is 1. The second-order valence-electron chi connectivity index (χ2n) is 9.38. The molecule has 0 radical (unpaired) electrons. The highest BCUT2D eigenvalue weighted by Gasteiger charge is 2.23. The summed E-state index contributed by atoms with van der Waals surface area (Å²) in [5, 5.41) is 26.8. The number of aromatic nitrogens is 1. The minimum Gasteiger partial charge on any atom is -0.489 e. The fraction of sp³-hybridized carbons (Fsp3) is 0.370. The van der Waals surface area contributed by atoms with Crippen LogP contribution in [0.1, 0.15) is 31.2 Å². The summed E-state index contributed by atoms with van der Waals surface area (Å²) >= 11 is 6.27. The molecule has 3 aromatic rings. The van der Waals surface area contributed by atoms with E-state index in [9.17, 15) is 15.2 Å². The van der Waals surface area contributed by atoms with Crippen molar-refractivity contribution in [1.82, 2.24) is 15.2 Å². The molecule has 2 amide bonds. The van der Waals surface area contributed by atoms with Crippen LogP contribution in [0, 0.1) is 11.3 Å². The summed E-state index contributed by atoms with van der Waals surface area (Å²) in [5.74, 6) is 1.31. The van der Waals surface area contributed by atoms with Gasteiger partial charge in [-0.2, -0.15) is 5.26 Å². The lowest BCUT2D eigenvalue weighted by atomic mass is 10.1. The van der Waals surface area contributed by atoms with Crippen LogP contribution < -0.4 is 20.1 Å². The minimum atomic E-state index is -0.651. The summed E-state index contributed by atoms with van der Waals surface area (Å²) in [7, 11) is 0. The van der Waals surface area contributed by atoms with Crippen LogP contribution in [0.15, 0.2) is 42.6 Å². The number of ether oxygens (including phenoxy) is 2. The molecular weight excluding hydrogens is 494 g/mol. The highest BCUT2D eigenvalue weighted by Crippen LogP contribution is 2.35. The highest BCUT2D eigenvalue weighted by molar-refractivity contribution is 6.33. The van der Waals surface area contributed by atoms with Gasteiger partial charge in [-0.25, -0.2) is 4.79 Å². The first-order chi connectivity index (χ1) is 18.0. The number of fused-ring (bicyclic) bond motifs is 1. The Hall–Kier alpha value is -3.58. The SMILES string of the molecule is N#Cc1cc2c(Oc3ccc(Cl)c(NC(=O)NC4CC4)c3)ccnc2cc1OC[C@@H](O)CN1CCCC1. The van der Waals surface area contributed by atoms with Gasteiger partial charge in [-0.15, -0.1) is 0 Å². The van der Waals surface area contributed by atoms with Gasteiger partial charge < -0.3 is 30.1 Å². The number of hydrogen-bond acceptors (Lipinski definition) is 7. The van der Waals surface area contributed by atoms with Crippen LogP contribution >= 0.6 is 11.6 Å². The number of likely N-dealkylation sites (tertiary alicyclic amines) is 1. The van der Waals surface area contributed by atoms with Crippen molar-refractivity contribution < 1.29 is 19.4 Å². The first-order valence-electron chi connectivity index (χ1n) is 12.4. The van der Waals surface area contributed by atoms with Crippen molar-refractivity contribution in [3.8, 4) is 23.3 Å². The summed E-state index contributed by atoms with van der Waals surface area (Å²) in [6.07, 6.45) is 5.22. The zero-order chi connectivity index (χ0) is 25.8. The number of rotatable bonds is 9. The van der Waals surface area contributed by atoms with Crippen LogP contribution in [0.5, 0.6) is 17.2 Å². The molecule has 3 N–H and O–H groups in total. The lowest BCUT2D eigenvalue weighted by Gasteiger charge is -2.20. The van der Waals surface area contributed by atoms with E-state index < -0.39 is 6.10 Å². The summed E-state index contributed by atoms with van der Waals surface area (Å²) in [6, 6.07) is 12.1. The summed E-state index contributed by atoms with van der Waals surface area (Å²) in [6.45, 7) is 2.61. The summed E-state index contributed by atoms with van der Waals surface area (Å²) in [5.41, 5.74) is 1.32. The number of anilines is 1. The quantitative estimate of drug-likeness (QED) is 0.374. The van der Waals surface area contributed by atoms with Crippen LogP contribution in [0.25, 0.3) is 10.9 Å². The third kappa shape index (κ3) is 6.41. The number of amides is 2. The molecule has 1 atom stereocenters. The smallest absolute Gasteiger partial charge is 0.319 e. The van der Waals surface area contributed by atoms with E-state index in [0.717, 1.165) is 38.8 Å². The number of halogens is 1. The number of carbonyl (C=O) groups is 1. The van der Waals surface area contributed by atoms with Crippen LogP contribution in [-0.2, 0) is 0 Å². The Labute approximate surface area is 219 Å². The molecule has 9 nitrogen and oxygen atoms in total. The van der Waals surface area contributed by atoms with Crippen molar-refractivity contribution in [1.29, 1.82) is 5.26 Å². The fourth-order valence-electron chi connectivity index (χ4n) is 4.31. The highest BCUT2D eigenvalue weighted by atomic mass is 35.5. The third-order valence-corrected chi connectivity index (χ3v) is 6.68. The average molecular weight is 522 g/mol. The molecule has 2 heterocycles. The predicted octanol–water partition coefficient (Wildman–Crippen LogP) is 4.67. The molecule has 1 saturated heterocycles. The predicted molar refractivity (Wildman–Crippen MR) is 140 cm³/mol. The number of benzene rings is 2. The van der Waals surface area contributed by atoms with E-state index >= 15 is 0 Å². The molecule has 1 aliphatic carbocycles. The molecule has 0 unspecified atom stereocenters. The maximum Gasteiger partial charge on any atom is 0.319 e. The molecule has 5 rings (SSSR count). The largest absolute Gasteiger partial charge is 0.489 e. The lowest BCUT2D eigenvalue weighted by molar-refractivity contribution is 0.0758. The Morgan fingerprint density at radius 3 is 2.78 bits per heavy atom. The molecule has 2 fully saturated rings. The monoisotopic (exact) mass is 521 g/mol. The Kier molecular flexibility index (Phi) is 7.60. The third-order valence-electron chi connectivity index (χ3n) is 6.35. The van der Waals surface area contributed by atoms with Gasteiger partial charge in [-0.3, -0.25) is 4.98 Å². The van der Waals surface area contributed by atoms with Gasteiger partial charge in [0, 0.05) is 36.3 Å². The van der Waals surface area contributed by atoms with Gasteiger partial charge >= 0.3 is 6.03 Å². The van der Waals surface area contributed by atoms with E-state index in [1.807, 2.05) is 0 Å². The molecule has 0 spiro atoms. The Morgan fingerprint density at radius 1 is 1.22 bits per heavy atom. The van der Waals surface area contributed by atoms with E-state index in [-0.39, 0.29) is 18.7 Å². The van der Waals surface area contributed by atoms with Gasteiger partial charge in [0.1, 0.15) is 36.0 Å². The van der Waals surface area contributed by atoms with E-state index in [1.165, 1.54) is 0 Å². The molecule has 1 aliphatic heterocycles. The number of carbonyl (C=O) groups excluding carboxylic acids is 1. The molecule has 2 aromatic carbocycles. The maximum atomic E-state index is 12.2. The maximum absolute atomic E-state index is 12.2. The Morgan fingerprint density at radius 2 is 2.03 bits per heavy atom. The molecular formula is C27H28ClN5O4. The number of β-amino-alcohol motifs (C(OH)–C–C–N with tert-alkyl or cyclic N) is 1. The van der Waals surface area contributed by atoms with Gasteiger partial charge in [-0.1, -0.05) is 11.6 Å². The van der Waals surface area contributed by atoms with Crippen LogP contribution in [0.4, 0.5) is 10.5 Å². The Bertz CT molecular complexity index is 1330. The number of aliphatic hydroxyl groups is 1.